The second-order valence-corrected chi connectivity index (χ2v) is 5.86. The average molecular weight is 360 g/mol. The number of benzene rings is 1. The van der Waals surface area contributed by atoms with Crippen LogP contribution in [0.3, 0.4) is 0 Å². The second kappa shape index (κ2) is 6.16. The fraction of sp³-hybridized carbons (Fsp3) is 0.357. The molecular weight excluding hydrogens is 344 g/mol. The van der Waals surface area contributed by atoms with Crippen LogP contribution in [0.5, 0.6) is 0 Å². The molecule has 1 aliphatic rings. The van der Waals surface area contributed by atoms with Crippen molar-refractivity contribution < 1.29 is 9.21 Å². The van der Waals surface area contributed by atoms with Gasteiger partial charge in [-0.15, -0.1) is 12.4 Å². The highest BCUT2D eigenvalue weighted by molar-refractivity contribution is 9.10. The van der Waals surface area contributed by atoms with Crippen molar-refractivity contribution >= 4 is 45.2 Å². The van der Waals surface area contributed by atoms with Gasteiger partial charge in [0.15, 0.2) is 5.76 Å². The predicted octanol–water partition coefficient (Wildman–Crippen LogP) is 3.08. The molecule has 1 saturated carbocycles. The van der Waals surface area contributed by atoms with Crippen LogP contribution < -0.4 is 11.1 Å². The summed E-state index contributed by atoms with van der Waals surface area (Å²) in [6.45, 7) is 0.474. The molecule has 0 saturated heterocycles. The Balaban J connectivity index is 0.00000147. The van der Waals surface area contributed by atoms with Gasteiger partial charge in [0.2, 0.25) is 0 Å². The number of hydrogen-bond acceptors (Lipinski definition) is 3. The molecule has 1 aromatic carbocycles. The van der Waals surface area contributed by atoms with E-state index < -0.39 is 0 Å². The summed E-state index contributed by atoms with van der Waals surface area (Å²) >= 11 is 3.40. The van der Waals surface area contributed by atoms with E-state index in [0.717, 1.165) is 22.7 Å². The van der Waals surface area contributed by atoms with Gasteiger partial charge in [-0.1, -0.05) is 15.9 Å². The summed E-state index contributed by atoms with van der Waals surface area (Å²) in [7, 11) is 0. The zero-order valence-corrected chi connectivity index (χ0v) is 13.2. The van der Waals surface area contributed by atoms with Crippen LogP contribution >= 0.6 is 28.3 Å². The van der Waals surface area contributed by atoms with E-state index in [1.54, 1.807) is 6.07 Å². The number of amides is 1. The van der Waals surface area contributed by atoms with Crippen LogP contribution in [0.1, 0.15) is 23.4 Å². The summed E-state index contributed by atoms with van der Waals surface area (Å²) in [5.41, 5.74) is 6.40. The number of nitrogens with one attached hydrogen (secondary N) is 1. The number of carbonyl (C=O) groups is 1. The Bertz CT molecular complexity index is 625. The number of furan rings is 1. The molecule has 4 nitrogen and oxygen atoms in total. The lowest BCUT2D eigenvalue weighted by molar-refractivity contribution is 0.0907. The topological polar surface area (TPSA) is 68.3 Å². The summed E-state index contributed by atoms with van der Waals surface area (Å²) in [6, 6.07) is 7.48. The highest BCUT2D eigenvalue weighted by atomic mass is 79.9. The van der Waals surface area contributed by atoms with E-state index in [1.807, 2.05) is 18.2 Å². The maximum absolute atomic E-state index is 12.1. The van der Waals surface area contributed by atoms with Crippen molar-refractivity contribution in [3.8, 4) is 0 Å². The molecule has 1 fully saturated rings. The zero-order valence-electron chi connectivity index (χ0n) is 10.8. The van der Waals surface area contributed by atoms with E-state index in [1.165, 1.54) is 0 Å². The summed E-state index contributed by atoms with van der Waals surface area (Å²) in [5.74, 6) is 0.689. The maximum atomic E-state index is 12.1. The second-order valence-electron chi connectivity index (χ2n) is 4.95. The van der Waals surface area contributed by atoms with Gasteiger partial charge in [0.25, 0.3) is 5.91 Å². The molecule has 0 radical (unpaired) electrons. The molecule has 1 aromatic heterocycles. The fourth-order valence-electron chi connectivity index (χ4n) is 2.23. The summed E-state index contributed by atoms with van der Waals surface area (Å²) in [4.78, 5) is 12.1. The van der Waals surface area contributed by atoms with Crippen LogP contribution in [-0.2, 0) is 0 Å². The van der Waals surface area contributed by atoms with E-state index in [2.05, 4.69) is 21.2 Å². The van der Waals surface area contributed by atoms with E-state index >= 15 is 0 Å². The maximum Gasteiger partial charge on any atom is 0.287 e. The molecule has 108 valence electrons. The largest absolute Gasteiger partial charge is 0.451 e. The number of rotatable bonds is 4. The first-order valence-corrected chi connectivity index (χ1v) is 7.16. The van der Waals surface area contributed by atoms with Crippen LogP contribution in [0, 0.1) is 5.92 Å². The Labute approximate surface area is 131 Å². The van der Waals surface area contributed by atoms with E-state index in [4.69, 9.17) is 10.2 Å². The van der Waals surface area contributed by atoms with E-state index in [0.29, 0.717) is 23.8 Å². The first-order chi connectivity index (χ1) is 9.17. The van der Waals surface area contributed by atoms with Crippen molar-refractivity contribution in [2.45, 2.75) is 18.9 Å². The molecule has 2 aromatic rings. The van der Waals surface area contributed by atoms with Gasteiger partial charge < -0.3 is 15.5 Å². The van der Waals surface area contributed by atoms with Crippen LogP contribution in [0.25, 0.3) is 11.0 Å². The molecule has 1 aliphatic carbocycles. The van der Waals surface area contributed by atoms with Crippen molar-refractivity contribution in [1.82, 2.24) is 5.32 Å². The van der Waals surface area contributed by atoms with Gasteiger partial charge in [-0.2, -0.15) is 0 Å². The van der Waals surface area contributed by atoms with Gasteiger partial charge >= 0.3 is 0 Å². The zero-order chi connectivity index (χ0) is 13.4. The van der Waals surface area contributed by atoms with Gasteiger partial charge in [0.05, 0.1) is 0 Å². The monoisotopic (exact) mass is 358 g/mol. The van der Waals surface area contributed by atoms with Crippen molar-refractivity contribution in [3.63, 3.8) is 0 Å². The highest BCUT2D eigenvalue weighted by Crippen LogP contribution is 2.32. The van der Waals surface area contributed by atoms with Crippen molar-refractivity contribution in [3.05, 3.63) is 34.5 Å². The lowest BCUT2D eigenvalue weighted by atomic mass is 10.2. The molecule has 3 rings (SSSR count). The van der Waals surface area contributed by atoms with E-state index in [9.17, 15) is 4.79 Å². The molecule has 20 heavy (non-hydrogen) atoms. The Morgan fingerprint density at radius 2 is 2.20 bits per heavy atom. The van der Waals surface area contributed by atoms with Gasteiger partial charge in [-0.3, -0.25) is 4.79 Å². The predicted molar refractivity (Wildman–Crippen MR) is 84.2 cm³/mol. The molecule has 1 unspecified atom stereocenters. The van der Waals surface area contributed by atoms with E-state index in [-0.39, 0.29) is 24.4 Å². The highest BCUT2D eigenvalue weighted by Gasteiger charge is 2.31. The fourth-order valence-corrected chi connectivity index (χ4v) is 2.61. The Kier molecular flexibility index (Phi) is 4.73. The first-order valence-electron chi connectivity index (χ1n) is 6.37. The number of halogens is 2. The Hall–Kier alpha value is -1.04. The molecule has 0 aliphatic heterocycles. The minimum absolute atomic E-state index is 0. The third kappa shape index (κ3) is 3.16. The lowest BCUT2D eigenvalue weighted by Gasteiger charge is -2.14. The van der Waals surface area contributed by atoms with Crippen LogP contribution in [0.15, 0.2) is 33.2 Å². The molecule has 3 N–H and O–H groups in total. The van der Waals surface area contributed by atoms with Crippen LogP contribution in [0.2, 0.25) is 0 Å². The molecule has 6 heteroatoms. The third-order valence-electron chi connectivity index (χ3n) is 3.46. The first kappa shape index (κ1) is 15.4. The van der Waals surface area contributed by atoms with Gasteiger partial charge in [0.1, 0.15) is 5.58 Å². The number of nitrogens with two attached hydrogens (primary N) is 1. The third-order valence-corrected chi connectivity index (χ3v) is 3.96. The summed E-state index contributed by atoms with van der Waals surface area (Å²) in [5, 5.41) is 3.86. The molecule has 0 spiro atoms. The summed E-state index contributed by atoms with van der Waals surface area (Å²) < 4.78 is 6.52. The van der Waals surface area contributed by atoms with Crippen LogP contribution in [0.4, 0.5) is 0 Å². The SMILES string of the molecule is Cl.NCC(NC(=O)c1cc2cc(Br)ccc2o1)C1CC1. The van der Waals surface area contributed by atoms with Crippen LogP contribution in [-0.4, -0.2) is 18.5 Å². The summed E-state index contributed by atoms with van der Waals surface area (Å²) in [6.07, 6.45) is 2.30. The van der Waals surface area contributed by atoms with Crippen molar-refractivity contribution in [1.29, 1.82) is 0 Å². The lowest BCUT2D eigenvalue weighted by Crippen LogP contribution is -2.41. The number of carbonyl (C=O) groups excluding carboxylic acids is 1. The average Bonchev–Trinajstić information content (AvgIpc) is 3.15. The number of fused-ring (bicyclic) bond motifs is 1. The molecule has 1 heterocycles. The normalized spacial score (nSPS) is 15.7. The molecule has 0 bridgehead atoms. The minimum Gasteiger partial charge on any atom is -0.451 e. The van der Waals surface area contributed by atoms with Gasteiger partial charge in [-0.05, 0) is 43.0 Å². The quantitative estimate of drug-likeness (QED) is 0.881. The molecule has 1 amide bonds. The molecule has 1 atom stereocenters. The minimum atomic E-state index is -0.185. The van der Waals surface area contributed by atoms with Crippen molar-refractivity contribution in [2.75, 3.05) is 6.54 Å². The van der Waals surface area contributed by atoms with Crippen molar-refractivity contribution in [2.24, 2.45) is 11.7 Å². The standard InChI is InChI=1S/C14H15BrN2O2.ClH/c15-10-3-4-12-9(5-10)6-13(19-12)14(18)17-11(7-16)8-1-2-8;/h3-6,8,11H,1-2,7,16H2,(H,17,18);1H. The van der Waals surface area contributed by atoms with Gasteiger partial charge in [0, 0.05) is 22.4 Å². The van der Waals surface area contributed by atoms with Gasteiger partial charge in [-0.25, -0.2) is 0 Å². The molecular formula is C14H16BrClN2O2. The number of hydrogen-bond donors (Lipinski definition) is 2. The Morgan fingerprint density at radius 1 is 1.45 bits per heavy atom. The Morgan fingerprint density at radius 3 is 2.85 bits per heavy atom. The smallest absolute Gasteiger partial charge is 0.287 e.